The number of halogens is 1. The van der Waals surface area contributed by atoms with Crippen LogP contribution < -0.4 is 10.5 Å². The van der Waals surface area contributed by atoms with Crippen molar-refractivity contribution in [3.63, 3.8) is 0 Å². The normalized spacial score (nSPS) is 12.9. The summed E-state index contributed by atoms with van der Waals surface area (Å²) in [5.74, 6) is 0.903. The molecule has 0 amide bonds. The highest BCUT2D eigenvalue weighted by Crippen LogP contribution is 2.34. The second kappa shape index (κ2) is 5.53. The molecule has 0 aliphatic heterocycles. The van der Waals surface area contributed by atoms with E-state index < -0.39 is 6.10 Å². The molecule has 1 aromatic carbocycles. The molecule has 4 heteroatoms. The summed E-state index contributed by atoms with van der Waals surface area (Å²) in [4.78, 5) is 0. The van der Waals surface area contributed by atoms with E-state index in [0.29, 0.717) is 10.8 Å². The molecule has 0 aliphatic rings. The van der Waals surface area contributed by atoms with Gasteiger partial charge in [-0.1, -0.05) is 25.4 Å². The molecule has 0 bridgehead atoms. The van der Waals surface area contributed by atoms with Crippen LogP contribution >= 0.6 is 11.6 Å². The zero-order valence-electron chi connectivity index (χ0n) is 9.83. The van der Waals surface area contributed by atoms with E-state index in [9.17, 15) is 5.11 Å². The third-order valence-corrected chi connectivity index (χ3v) is 2.86. The Kier molecular flexibility index (Phi) is 4.59. The van der Waals surface area contributed by atoms with Crippen molar-refractivity contribution in [1.29, 1.82) is 0 Å². The zero-order chi connectivity index (χ0) is 12.3. The number of ether oxygens (including phenoxy) is 1. The summed E-state index contributed by atoms with van der Waals surface area (Å²) in [6, 6.07) is 3.59. The molecule has 0 spiro atoms. The molecule has 1 unspecified atom stereocenters. The van der Waals surface area contributed by atoms with E-state index in [0.717, 1.165) is 11.1 Å². The molecule has 0 saturated carbocycles. The summed E-state index contributed by atoms with van der Waals surface area (Å²) >= 11 is 6.03. The van der Waals surface area contributed by atoms with E-state index in [1.165, 1.54) is 0 Å². The SMILES string of the molecule is COc1cc(C(C)C)c(C(O)CN)cc1Cl. The number of hydrogen-bond donors (Lipinski definition) is 2. The monoisotopic (exact) mass is 243 g/mol. The van der Waals surface area contributed by atoms with Gasteiger partial charge in [-0.15, -0.1) is 0 Å². The smallest absolute Gasteiger partial charge is 0.137 e. The first kappa shape index (κ1) is 13.3. The van der Waals surface area contributed by atoms with Crippen LogP contribution in [-0.4, -0.2) is 18.8 Å². The Balaban J connectivity index is 3.30. The van der Waals surface area contributed by atoms with Crippen LogP contribution in [0.15, 0.2) is 12.1 Å². The number of hydrogen-bond acceptors (Lipinski definition) is 3. The van der Waals surface area contributed by atoms with Crippen molar-refractivity contribution in [3.8, 4) is 5.75 Å². The minimum atomic E-state index is -0.680. The maximum absolute atomic E-state index is 9.82. The molecule has 90 valence electrons. The lowest BCUT2D eigenvalue weighted by Gasteiger charge is -2.18. The molecular formula is C12H18ClNO2. The van der Waals surface area contributed by atoms with Crippen molar-refractivity contribution >= 4 is 11.6 Å². The average Bonchev–Trinajstić information content (AvgIpc) is 2.27. The summed E-state index contributed by atoms with van der Waals surface area (Å²) in [6.45, 7) is 4.28. The van der Waals surface area contributed by atoms with Gasteiger partial charge in [-0.05, 0) is 29.2 Å². The number of methoxy groups -OCH3 is 1. The highest BCUT2D eigenvalue weighted by Gasteiger charge is 2.16. The second-order valence-corrected chi connectivity index (χ2v) is 4.43. The van der Waals surface area contributed by atoms with E-state index in [4.69, 9.17) is 22.1 Å². The summed E-state index contributed by atoms with van der Waals surface area (Å²) in [5.41, 5.74) is 7.26. The lowest BCUT2D eigenvalue weighted by atomic mass is 9.93. The Labute approximate surface area is 101 Å². The van der Waals surface area contributed by atoms with Gasteiger partial charge in [0.25, 0.3) is 0 Å². The van der Waals surface area contributed by atoms with Crippen LogP contribution in [0.1, 0.15) is 37.0 Å². The van der Waals surface area contributed by atoms with Gasteiger partial charge in [0.15, 0.2) is 0 Å². The van der Waals surface area contributed by atoms with Crippen LogP contribution in [0.5, 0.6) is 5.75 Å². The first-order valence-corrected chi connectivity index (χ1v) is 5.64. The molecule has 0 aliphatic carbocycles. The van der Waals surface area contributed by atoms with Crippen LogP contribution in [0.2, 0.25) is 5.02 Å². The van der Waals surface area contributed by atoms with E-state index in [1.54, 1.807) is 13.2 Å². The summed E-state index contributed by atoms with van der Waals surface area (Å²) in [6.07, 6.45) is -0.680. The third-order valence-electron chi connectivity index (χ3n) is 2.56. The first-order valence-electron chi connectivity index (χ1n) is 5.26. The van der Waals surface area contributed by atoms with Gasteiger partial charge in [0, 0.05) is 6.54 Å². The van der Waals surface area contributed by atoms with Gasteiger partial charge in [0.1, 0.15) is 5.75 Å². The van der Waals surface area contributed by atoms with E-state index in [-0.39, 0.29) is 12.5 Å². The molecule has 1 aromatic rings. The summed E-state index contributed by atoms with van der Waals surface area (Å²) in [7, 11) is 1.57. The van der Waals surface area contributed by atoms with Gasteiger partial charge >= 0.3 is 0 Å². The predicted molar refractivity (Wildman–Crippen MR) is 66.1 cm³/mol. The quantitative estimate of drug-likeness (QED) is 0.854. The lowest BCUT2D eigenvalue weighted by Crippen LogP contribution is -2.14. The van der Waals surface area contributed by atoms with Gasteiger partial charge < -0.3 is 15.6 Å². The van der Waals surface area contributed by atoms with E-state index in [1.807, 2.05) is 6.07 Å². The molecule has 0 fully saturated rings. The van der Waals surface area contributed by atoms with Crippen LogP contribution in [0.4, 0.5) is 0 Å². The zero-order valence-corrected chi connectivity index (χ0v) is 10.6. The summed E-state index contributed by atoms with van der Waals surface area (Å²) < 4.78 is 5.16. The van der Waals surface area contributed by atoms with Crippen molar-refractivity contribution in [2.45, 2.75) is 25.9 Å². The fourth-order valence-corrected chi connectivity index (χ4v) is 1.91. The Morgan fingerprint density at radius 1 is 1.38 bits per heavy atom. The van der Waals surface area contributed by atoms with Gasteiger partial charge in [-0.3, -0.25) is 0 Å². The highest BCUT2D eigenvalue weighted by molar-refractivity contribution is 6.32. The molecule has 3 nitrogen and oxygen atoms in total. The fraction of sp³-hybridized carbons (Fsp3) is 0.500. The van der Waals surface area contributed by atoms with E-state index in [2.05, 4.69) is 13.8 Å². The number of rotatable bonds is 4. The van der Waals surface area contributed by atoms with Crippen LogP contribution in [0.3, 0.4) is 0 Å². The van der Waals surface area contributed by atoms with Crippen molar-refractivity contribution in [3.05, 3.63) is 28.3 Å². The summed E-state index contributed by atoms with van der Waals surface area (Å²) in [5, 5.41) is 10.3. The van der Waals surface area contributed by atoms with Gasteiger partial charge in [0.2, 0.25) is 0 Å². The molecule has 0 radical (unpaired) electrons. The Hall–Kier alpha value is -0.770. The average molecular weight is 244 g/mol. The van der Waals surface area contributed by atoms with Gasteiger partial charge in [-0.2, -0.15) is 0 Å². The molecular weight excluding hydrogens is 226 g/mol. The van der Waals surface area contributed by atoms with Crippen LogP contribution in [0, 0.1) is 0 Å². The van der Waals surface area contributed by atoms with Crippen molar-refractivity contribution in [2.75, 3.05) is 13.7 Å². The van der Waals surface area contributed by atoms with Crippen molar-refractivity contribution < 1.29 is 9.84 Å². The lowest BCUT2D eigenvalue weighted by molar-refractivity contribution is 0.185. The molecule has 16 heavy (non-hydrogen) atoms. The number of nitrogens with two attached hydrogens (primary N) is 1. The van der Waals surface area contributed by atoms with Crippen molar-refractivity contribution in [1.82, 2.24) is 0 Å². The second-order valence-electron chi connectivity index (χ2n) is 4.02. The number of benzene rings is 1. The Morgan fingerprint density at radius 3 is 2.44 bits per heavy atom. The molecule has 0 saturated heterocycles. The Morgan fingerprint density at radius 2 is 2.00 bits per heavy atom. The standard InChI is InChI=1S/C12H18ClNO2/c1-7(2)8-5-12(16-3)10(13)4-9(8)11(15)6-14/h4-5,7,11,15H,6,14H2,1-3H3. The highest BCUT2D eigenvalue weighted by atomic mass is 35.5. The minimum Gasteiger partial charge on any atom is -0.495 e. The largest absolute Gasteiger partial charge is 0.495 e. The molecule has 0 aromatic heterocycles. The van der Waals surface area contributed by atoms with Crippen LogP contribution in [0.25, 0.3) is 0 Å². The third kappa shape index (κ3) is 2.67. The maximum Gasteiger partial charge on any atom is 0.137 e. The Bertz CT molecular complexity index is 366. The molecule has 3 N–H and O–H groups in total. The van der Waals surface area contributed by atoms with E-state index >= 15 is 0 Å². The predicted octanol–water partition coefficient (Wildman–Crippen LogP) is 2.46. The fourth-order valence-electron chi connectivity index (χ4n) is 1.66. The maximum atomic E-state index is 9.82. The molecule has 1 atom stereocenters. The minimum absolute atomic E-state index is 0.183. The van der Waals surface area contributed by atoms with Gasteiger partial charge in [-0.25, -0.2) is 0 Å². The molecule has 0 heterocycles. The first-order chi connectivity index (χ1) is 7.51. The molecule has 1 rings (SSSR count). The topological polar surface area (TPSA) is 55.5 Å². The van der Waals surface area contributed by atoms with Crippen LogP contribution in [-0.2, 0) is 0 Å². The van der Waals surface area contributed by atoms with Gasteiger partial charge in [0.05, 0.1) is 18.2 Å². The number of aliphatic hydroxyl groups excluding tert-OH is 1. The number of aliphatic hydroxyl groups is 1. The van der Waals surface area contributed by atoms with Crippen molar-refractivity contribution in [2.24, 2.45) is 5.73 Å².